The Hall–Kier alpha value is -1.52. The number of aliphatic hydroxyl groups excluding tert-OH is 1. The lowest BCUT2D eigenvalue weighted by atomic mass is 10.2. The monoisotopic (exact) mass is 275 g/mol. The van der Waals surface area contributed by atoms with Crippen molar-refractivity contribution in [3.63, 3.8) is 0 Å². The highest BCUT2D eigenvalue weighted by molar-refractivity contribution is 5.23. The Morgan fingerprint density at radius 3 is 2.53 bits per heavy atom. The number of anilines is 1. The van der Waals surface area contributed by atoms with Gasteiger partial charge in [-0.15, -0.1) is 0 Å². The first-order valence-corrected chi connectivity index (χ1v) is 5.50. The highest BCUT2D eigenvalue weighted by atomic mass is 16.7. The van der Waals surface area contributed by atoms with Crippen molar-refractivity contribution in [3.05, 3.63) is 22.7 Å². The zero-order chi connectivity index (χ0) is 14.6. The van der Waals surface area contributed by atoms with Crippen molar-refractivity contribution in [2.45, 2.75) is 31.1 Å². The Balaban J connectivity index is 0.000000861. The lowest BCUT2D eigenvalue weighted by molar-refractivity contribution is -0.360. The first kappa shape index (κ1) is 15.5. The summed E-state index contributed by atoms with van der Waals surface area (Å²) in [5.74, 6) is -2.80. The molecule has 1 fully saturated rings. The molecule has 9 nitrogen and oxygen atoms in total. The van der Waals surface area contributed by atoms with Crippen LogP contribution in [0.1, 0.15) is 19.1 Å². The maximum absolute atomic E-state index is 11.5. The summed E-state index contributed by atoms with van der Waals surface area (Å²) in [5.41, 5.74) is 4.75. The predicted molar refractivity (Wildman–Crippen MR) is 63.6 cm³/mol. The van der Waals surface area contributed by atoms with Gasteiger partial charge in [-0.3, -0.25) is 4.57 Å². The third kappa shape index (κ3) is 3.72. The van der Waals surface area contributed by atoms with E-state index in [1.807, 2.05) is 0 Å². The molecule has 1 aliphatic heterocycles. The van der Waals surface area contributed by atoms with Crippen LogP contribution in [0.2, 0.25) is 0 Å². The van der Waals surface area contributed by atoms with E-state index in [0.717, 1.165) is 7.11 Å². The van der Waals surface area contributed by atoms with Crippen LogP contribution in [-0.4, -0.2) is 49.2 Å². The summed E-state index contributed by atoms with van der Waals surface area (Å²) in [6, 6.07) is 1.43. The van der Waals surface area contributed by atoms with Crippen molar-refractivity contribution in [3.8, 4) is 0 Å². The van der Waals surface area contributed by atoms with E-state index in [9.17, 15) is 4.79 Å². The standard InChI is InChI=1S/C9H13N3O5.CH4O/c10-6-3-4-12(8(13)11-6)7-2-1-5(17-7)9(14,15)16;1-2/h3-5,7,14-16H,1-2H2,(H2,10,11,13);2H,1H3. The van der Waals surface area contributed by atoms with Crippen LogP contribution in [0.3, 0.4) is 0 Å². The molecule has 1 aromatic heterocycles. The molecule has 0 bridgehead atoms. The molecule has 1 aliphatic rings. The summed E-state index contributed by atoms with van der Waals surface area (Å²) in [4.78, 5) is 15.0. The van der Waals surface area contributed by atoms with Crippen molar-refractivity contribution in [2.24, 2.45) is 0 Å². The topological polar surface area (TPSA) is 151 Å². The lowest BCUT2D eigenvalue weighted by Crippen LogP contribution is -2.42. The molecule has 9 heteroatoms. The van der Waals surface area contributed by atoms with Gasteiger partial charge in [0.2, 0.25) is 0 Å². The van der Waals surface area contributed by atoms with Crippen LogP contribution in [0, 0.1) is 0 Å². The average molecular weight is 275 g/mol. The van der Waals surface area contributed by atoms with E-state index in [2.05, 4.69) is 4.98 Å². The van der Waals surface area contributed by atoms with Gasteiger partial charge >= 0.3 is 11.7 Å². The molecule has 0 aromatic carbocycles. The zero-order valence-corrected chi connectivity index (χ0v) is 10.3. The zero-order valence-electron chi connectivity index (χ0n) is 10.3. The van der Waals surface area contributed by atoms with Gasteiger partial charge in [0.25, 0.3) is 0 Å². The third-order valence-corrected chi connectivity index (χ3v) is 2.59. The van der Waals surface area contributed by atoms with Crippen LogP contribution in [-0.2, 0) is 4.74 Å². The van der Waals surface area contributed by atoms with Gasteiger partial charge in [0, 0.05) is 13.3 Å². The molecular weight excluding hydrogens is 258 g/mol. The van der Waals surface area contributed by atoms with E-state index in [1.165, 1.54) is 16.8 Å². The second-order valence-corrected chi connectivity index (χ2v) is 3.89. The van der Waals surface area contributed by atoms with Crippen LogP contribution >= 0.6 is 0 Å². The number of ether oxygens (including phenoxy) is 1. The van der Waals surface area contributed by atoms with Gasteiger partial charge in [0.15, 0.2) is 0 Å². The fraction of sp³-hybridized carbons (Fsp3) is 0.600. The normalized spacial score (nSPS) is 22.8. The summed E-state index contributed by atoms with van der Waals surface area (Å²) < 4.78 is 6.35. The van der Waals surface area contributed by atoms with Gasteiger partial charge in [0.05, 0.1) is 0 Å². The quantitative estimate of drug-likeness (QED) is 0.379. The molecule has 0 aliphatic carbocycles. The molecule has 108 valence electrons. The Morgan fingerprint density at radius 2 is 2.05 bits per heavy atom. The molecule has 0 saturated carbocycles. The molecule has 0 radical (unpaired) electrons. The van der Waals surface area contributed by atoms with Crippen LogP contribution in [0.15, 0.2) is 17.1 Å². The number of nitrogen functional groups attached to an aromatic ring is 1. The number of hydrogen-bond acceptors (Lipinski definition) is 8. The highest BCUT2D eigenvalue weighted by Gasteiger charge is 2.40. The largest absolute Gasteiger partial charge is 0.400 e. The number of nitrogens with two attached hydrogens (primary N) is 1. The molecule has 2 rings (SSSR count). The minimum absolute atomic E-state index is 0.0987. The molecular formula is C10H17N3O6. The molecule has 2 unspecified atom stereocenters. The molecule has 1 aromatic rings. The SMILES string of the molecule is CO.Nc1ccn(C2CCC(C(O)(O)O)O2)c(=O)n1. The second kappa shape index (κ2) is 6.08. The number of aromatic nitrogens is 2. The minimum atomic E-state index is -2.90. The van der Waals surface area contributed by atoms with Crippen molar-refractivity contribution in [1.29, 1.82) is 0 Å². The Bertz CT molecular complexity index is 469. The van der Waals surface area contributed by atoms with Gasteiger partial charge < -0.3 is 30.9 Å². The molecule has 6 N–H and O–H groups in total. The Morgan fingerprint density at radius 1 is 1.42 bits per heavy atom. The van der Waals surface area contributed by atoms with Gasteiger partial charge in [-0.1, -0.05) is 0 Å². The minimum Gasteiger partial charge on any atom is -0.400 e. The molecule has 19 heavy (non-hydrogen) atoms. The maximum Gasteiger partial charge on any atom is 0.351 e. The number of aliphatic hydroxyl groups is 4. The van der Waals surface area contributed by atoms with E-state index in [4.69, 9.17) is 30.9 Å². The summed E-state index contributed by atoms with van der Waals surface area (Å²) in [7, 11) is 1.00. The van der Waals surface area contributed by atoms with Crippen molar-refractivity contribution >= 4 is 5.82 Å². The smallest absolute Gasteiger partial charge is 0.351 e. The number of hydrogen-bond donors (Lipinski definition) is 5. The van der Waals surface area contributed by atoms with Crippen LogP contribution in [0.4, 0.5) is 5.82 Å². The fourth-order valence-electron chi connectivity index (χ4n) is 1.75. The summed E-state index contributed by atoms with van der Waals surface area (Å²) in [6.07, 6.45) is 0.138. The van der Waals surface area contributed by atoms with E-state index < -0.39 is 24.0 Å². The van der Waals surface area contributed by atoms with Gasteiger partial charge in [0.1, 0.15) is 18.1 Å². The Labute approximate surface area is 108 Å². The fourth-order valence-corrected chi connectivity index (χ4v) is 1.75. The van der Waals surface area contributed by atoms with Gasteiger partial charge in [-0.2, -0.15) is 4.98 Å². The molecule has 1 saturated heterocycles. The van der Waals surface area contributed by atoms with Crippen LogP contribution < -0.4 is 11.4 Å². The third-order valence-electron chi connectivity index (χ3n) is 2.59. The van der Waals surface area contributed by atoms with Crippen LogP contribution in [0.25, 0.3) is 0 Å². The molecule has 0 spiro atoms. The molecule has 0 amide bonds. The second-order valence-electron chi connectivity index (χ2n) is 3.89. The van der Waals surface area contributed by atoms with E-state index in [0.29, 0.717) is 6.42 Å². The molecule has 2 atom stereocenters. The van der Waals surface area contributed by atoms with Crippen LogP contribution in [0.5, 0.6) is 0 Å². The summed E-state index contributed by atoms with van der Waals surface area (Å²) in [6.45, 7) is 0. The van der Waals surface area contributed by atoms with Crippen molar-refractivity contribution < 1.29 is 25.2 Å². The predicted octanol–water partition coefficient (Wildman–Crippen LogP) is -2.26. The number of nitrogens with zero attached hydrogens (tertiary/aromatic N) is 2. The highest BCUT2D eigenvalue weighted by Crippen LogP contribution is 2.31. The lowest BCUT2D eigenvalue weighted by Gasteiger charge is -2.22. The van der Waals surface area contributed by atoms with E-state index in [-0.39, 0.29) is 12.2 Å². The average Bonchev–Trinajstić information content (AvgIpc) is 2.80. The van der Waals surface area contributed by atoms with Gasteiger partial charge in [-0.05, 0) is 18.9 Å². The maximum atomic E-state index is 11.5. The summed E-state index contributed by atoms with van der Waals surface area (Å²) in [5, 5.41) is 33.9. The first-order chi connectivity index (χ1) is 8.88. The van der Waals surface area contributed by atoms with Crippen molar-refractivity contribution in [1.82, 2.24) is 9.55 Å². The van der Waals surface area contributed by atoms with E-state index in [1.54, 1.807) is 0 Å². The number of rotatable bonds is 2. The Kier molecular flexibility index (Phi) is 4.97. The van der Waals surface area contributed by atoms with Gasteiger partial charge in [-0.25, -0.2) is 4.79 Å². The van der Waals surface area contributed by atoms with E-state index >= 15 is 0 Å². The molecule has 2 heterocycles. The first-order valence-electron chi connectivity index (χ1n) is 5.50. The van der Waals surface area contributed by atoms with Crippen molar-refractivity contribution in [2.75, 3.05) is 12.8 Å². The summed E-state index contributed by atoms with van der Waals surface area (Å²) >= 11 is 0.